The van der Waals surface area contributed by atoms with Crippen molar-refractivity contribution in [2.24, 2.45) is 0 Å². The van der Waals surface area contributed by atoms with Gasteiger partial charge in [-0.1, -0.05) is 13.8 Å². The summed E-state index contributed by atoms with van der Waals surface area (Å²) in [6.07, 6.45) is 0.967. The fourth-order valence-corrected chi connectivity index (χ4v) is 4.90. The molecule has 1 saturated heterocycles. The van der Waals surface area contributed by atoms with Crippen LogP contribution in [0.15, 0.2) is 0 Å². The molecule has 2 unspecified atom stereocenters. The van der Waals surface area contributed by atoms with Gasteiger partial charge < -0.3 is 5.32 Å². The van der Waals surface area contributed by atoms with Crippen molar-refractivity contribution < 1.29 is 0 Å². The summed E-state index contributed by atoms with van der Waals surface area (Å²) in [4.78, 5) is 9.51. The highest BCUT2D eigenvalue weighted by Gasteiger charge is 2.27. The molecule has 0 radical (unpaired) electrons. The number of rotatable bonds is 3. The summed E-state index contributed by atoms with van der Waals surface area (Å²) in [6.45, 7) is 6.54. The number of hydrogen-bond donors (Lipinski definition) is 1. The first-order valence-corrected chi connectivity index (χ1v) is 8.55. The van der Waals surface area contributed by atoms with Crippen LogP contribution in [0, 0.1) is 6.92 Å². The molecule has 100 valence electrons. The molecule has 2 heterocycles. The second-order valence-corrected chi connectivity index (χ2v) is 7.21. The third-order valence-electron chi connectivity index (χ3n) is 3.28. The Labute approximate surface area is 118 Å². The van der Waals surface area contributed by atoms with Crippen molar-refractivity contribution in [1.29, 1.82) is 0 Å². The quantitative estimate of drug-likeness (QED) is 0.921. The van der Waals surface area contributed by atoms with E-state index >= 15 is 0 Å². The summed E-state index contributed by atoms with van der Waals surface area (Å²) >= 11 is 4.03. The van der Waals surface area contributed by atoms with Gasteiger partial charge in [0.15, 0.2) is 0 Å². The van der Waals surface area contributed by atoms with Crippen molar-refractivity contribution in [2.75, 3.05) is 23.9 Å². The predicted molar refractivity (Wildman–Crippen MR) is 82.8 cm³/mol. The lowest BCUT2D eigenvalue weighted by Gasteiger charge is -2.27. The van der Waals surface area contributed by atoms with E-state index in [2.05, 4.69) is 26.1 Å². The lowest BCUT2D eigenvalue weighted by molar-refractivity contribution is 0.800. The maximum absolute atomic E-state index is 4.79. The second-order valence-electron chi connectivity index (χ2n) is 4.47. The molecule has 0 bridgehead atoms. The molecular formula is C13H21N3S2. The molecule has 18 heavy (non-hydrogen) atoms. The average Bonchev–Trinajstić information content (AvgIpc) is 2.40. The molecule has 1 aliphatic rings. The van der Waals surface area contributed by atoms with Crippen molar-refractivity contribution in [1.82, 2.24) is 9.97 Å². The van der Waals surface area contributed by atoms with E-state index < -0.39 is 0 Å². The average molecular weight is 283 g/mol. The molecule has 0 spiro atoms. The fraction of sp³-hybridized carbons (Fsp3) is 0.692. The smallest absolute Gasteiger partial charge is 0.145 e. The summed E-state index contributed by atoms with van der Waals surface area (Å²) in [5.74, 6) is 4.44. The normalized spacial score (nSPS) is 24.0. The molecule has 3 nitrogen and oxygen atoms in total. The van der Waals surface area contributed by atoms with Crippen molar-refractivity contribution >= 4 is 29.3 Å². The summed E-state index contributed by atoms with van der Waals surface area (Å²) in [7, 11) is 1.94. The Morgan fingerprint density at radius 3 is 2.61 bits per heavy atom. The Hall–Kier alpha value is -0.420. The zero-order valence-corrected chi connectivity index (χ0v) is 13.1. The molecule has 1 aromatic rings. The maximum Gasteiger partial charge on any atom is 0.145 e. The Kier molecular flexibility index (Phi) is 4.78. The number of anilines is 1. The molecule has 2 atom stereocenters. The Balaban J connectivity index is 2.37. The SMILES string of the molecule is CCc1nc(C2SCCSC2C)nc(NC)c1C. The van der Waals surface area contributed by atoms with Gasteiger partial charge in [-0.3, -0.25) is 0 Å². The van der Waals surface area contributed by atoms with Crippen LogP contribution >= 0.6 is 23.5 Å². The number of hydrogen-bond acceptors (Lipinski definition) is 5. The number of nitrogens with zero attached hydrogens (tertiary/aromatic N) is 2. The highest BCUT2D eigenvalue weighted by molar-refractivity contribution is 8.06. The number of thioether (sulfide) groups is 2. The van der Waals surface area contributed by atoms with Crippen LogP contribution in [0.2, 0.25) is 0 Å². The number of aromatic nitrogens is 2. The van der Waals surface area contributed by atoms with Crippen LogP contribution in [0.5, 0.6) is 0 Å². The van der Waals surface area contributed by atoms with Crippen LogP contribution in [0.3, 0.4) is 0 Å². The molecule has 0 amide bonds. The summed E-state index contributed by atoms with van der Waals surface area (Å²) in [5.41, 5.74) is 2.36. The van der Waals surface area contributed by atoms with Crippen LogP contribution in [0.4, 0.5) is 5.82 Å². The summed E-state index contributed by atoms with van der Waals surface area (Å²) in [6, 6.07) is 0. The van der Waals surface area contributed by atoms with Gasteiger partial charge in [0.25, 0.3) is 0 Å². The van der Waals surface area contributed by atoms with Gasteiger partial charge in [-0.25, -0.2) is 9.97 Å². The first-order chi connectivity index (χ1) is 8.67. The first-order valence-electron chi connectivity index (χ1n) is 6.45. The van der Waals surface area contributed by atoms with Gasteiger partial charge in [-0.2, -0.15) is 11.8 Å². The van der Waals surface area contributed by atoms with E-state index in [1.165, 1.54) is 22.8 Å². The third-order valence-corrected chi connectivity index (χ3v) is 6.36. The molecule has 5 heteroatoms. The van der Waals surface area contributed by atoms with E-state index in [1.807, 2.05) is 30.6 Å². The van der Waals surface area contributed by atoms with Crippen molar-refractivity contribution in [3.8, 4) is 0 Å². The van der Waals surface area contributed by atoms with Gasteiger partial charge in [0, 0.05) is 35.1 Å². The van der Waals surface area contributed by atoms with E-state index in [4.69, 9.17) is 9.97 Å². The molecule has 1 N–H and O–H groups in total. The lowest BCUT2D eigenvalue weighted by Crippen LogP contribution is -2.19. The highest BCUT2D eigenvalue weighted by Crippen LogP contribution is 2.41. The zero-order chi connectivity index (χ0) is 13.1. The third kappa shape index (κ3) is 2.77. The van der Waals surface area contributed by atoms with Crippen molar-refractivity contribution in [3.05, 3.63) is 17.1 Å². The van der Waals surface area contributed by atoms with Crippen molar-refractivity contribution in [3.63, 3.8) is 0 Å². The molecular weight excluding hydrogens is 262 g/mol. The molecule has 2 rings (SSSR count). The molecule has 1 fully saturated rings. The molecule has 1 aromatic heterocycles. The van der Waals surface area contributed by atoms with E-state index in [9.17, 15) is 0 Å². The first kappa shape index (κ1) is 14.0. The van der Waals surface area contributed by atoms with Gasteiger partial charge in [0.2, 0.25) is 0 Å². The van der Waals surface area contributed by atoms with E-state index in [-0.39, 0.29) is 0 Å². The van der Waals surface area contributed by atoms with Gasteiger partial charge in [0.05, 0.1) is 5.25 Å². The molecule has 0 saturated carbocycles. The monoisotopic (exact) mass is 283 g/mol. The largest absolute Gasteiger partial charge is 0.373 e. The van der Waals surface area contributed by atoms with Crippen LogP contribution in [-0.2, 0) is 6.42 Å². The maximum atomic E-state index is 4.79. The molecule has 0 aliphatic carbocycles. The van der Waals surface area contributed by atoms with E-state index in [0.717, 1.165) is 18.1 Å². The fourth-order valence-electron chi connectivity index (χ4n) is 2.21. The standard InChI is InChI=1S/C13H21N3S2/c1-5-10-8(2)12(14-4)16-13(15-10)11-9(3)17-6-7-18-11/h9,11H,5-7H2,1-4H3,(H,14,15,16). The van der Waals surface area contributed by atoms with Gasteiger partial charge in [0.1, 0.15) is 11.6 Å². The van der Waals surface area contributed by atoms with Gasteiger partial charge >= 0.3 is 0 Å². The minimum absolute atomic E-state index is 0.432. The van der Waals surface area contributed by atoms with Gasteiger partial charge in [-0.05, 0) is 13.3 Å². The Morgan fingerprint density at radius 1 is 1.28 bits per heavy atom. The minimum atomic E-state index is 0.432. The molecule has 1 aliphatic heterocycles. The zero-order valence-electron chi connectivity index (χ0n) is 11.5. The summed E-state index contributed by atoms with van der Waals surface area (Å²) < 4.78 is 0. The van der Waals surface area contributed by atoms with E-state index in [0.29, 0.717) is 10.5 Å². The highest BCUT2D eigenvalue weighted by atomic mass is 32.2. The van der Waals surface area contributed by atoms with Crippen molar-refractivity contribution in [2.45, 2.75) is 37.7 Å². The van der Waals surface area contributed by atoms with Gasteiger partial charge in [-0.15, -0.1) is 11.8 Å². The Bertz CT molecular complexity index is 398. The predicted octanol–water partition coefficient (Wildman–Crippen LogP) is 3.30. The second kappa shape index (κ2) is 6.15. The number of nitrogens with one attached hydrogen (secondary N) is 1. The topological polar surface area (TPSA) is 37.8 Å². The van der Waals surface area contributed by atoms with E-state index in [1.54, 1.807) is 0 Å². The number of aryl methyl sites for hydroxylation is 1. The van der Waals surface area contributed by atoms with Crippen LogP contribution in [0.25, 0.3) is 0 Å². The van der Waals surface area contributed by atoms with Crippen LogP contribution < -0.4 is 5.32 Å². The van der Waals surface area contributed by atoms with Crippen LogP contribution in [-0.4, -0.2) is 33.8 Å². The molecule has 0 aromatic carbocycles. The lowest BCUT2D eigenvalue weighted by atomic mass is 10.2. The summed E-state index contributed by atoms with van der Waals surface area (Å²) in [5, 5.41) is 4.23. The minimum Gasteiger partial charge on any atom is -0.373 e. The Morgan fingerprint density at radius 2 is 2.00 bits per heavy atom. The van der Waals surface area contributed by atoms with Crippen LogP contribution in [0.1, 0.15) is 36.2 Å².